The first-order valence-electron chi connectivity index (χ1n) is 5.51. The van der Waals surface area contributed by atoms with Gasteiger partial charge in [-0.1, -0.05) is 23.4 Å². The number of imidazole rings is 1. The van der Waals surface area contributed by atoms with Crippen molar-refractivity contribution in [1.29, 1.82) is 0 Å². The van der Waals surface area contributed by atoms with Crippen molar-refractivity contribution in [3.05, 3.63) is 35.6 Å². The van der Waals surface area contributed by atoms with Crippen LogP contribution in [0.1, 0.15) is 0 Å². The molecule has 0 bridgehead atoms. The second-order valence-electron chi connectivity index (χ2n) is 3.89. The zero-order valence-electron chi connectivity index (χ0n) is 10.3. The van der Waals surface area contributed by atoms with Crippen LogP contribution in [0.15, 0.2) is 35.7 Å². The maximum atomic E-state index is 11.8. The van der Waals surface area contributed by atoms with E-state index >= 15 is 0 Å². The third kappa shape index (κ3) is 3.65. The van der Waals surface area contributed by atoms with Crippen molar-refractivity contribution in [2.75, 3.05) is 16.8 Å². The molecular formula is C12H13ClN4OS. The van der Waals surface area contributed by atoms with E-state index in [4.69, 9.17) is 17.3 Å². The number of hydrogen-bond donors (Lipinski definition) is 2. The van der Waals surface area contributed by atoms with Crippen LogP contribution in [-0.2, 0) is 11.8 Å². The van der Waals surface area contributed by atoms with Gasteiger partial charge in [0.25, 0.3) is 0 Å². The molecule has 0 saturated heterocycles. The molecule has 0 saturated carbocycles. The van der Waals surface area contributed by atoms with E-state index in [1.165, 1.54) is 11.8 Å². The summed E-state index contributed by atoms with van der Waals surface area (Å²) < 4.78 is 1.86. The normalized spacial score (nSPS) is 10.4. The molecule has 2 aromatic rings. The molecule has 0 radical (unpaired) electrons. The minimum absolute atomic E-state index is 0.137. The van der Waals surface area contributed by atoms with Gasteiger partial charge >= 0.3 is 0 Å². The minimum atomic E-state index is -0.137. The number of aryl methyl sites for hydroxylation is 1. The summed E-state index contributed by atoms with van der Waals surface area (Å²) >= 11 is 7.15. The Bertz CT molecular complexity index is 599. The number of halogens is 1. The first-order valence-corrected chi connectivity index (χ1v) is 6.87. The molecule has 0 unspecified atom stereocenters. The summed E-state index contributed by atoms with van der Waals surface area (Å²) in [4.78, 5) is 15.9. The second kappa shape index (κ2) is 5.99. The van der Waals surface area contributed by atoms with Crippen molar-refractivity contribution in [3.63, 3.8) is 0 Å². The lowest BCUT2D eigenvalue weighted by Gasteiger charge is -2.08. The van der Waals surface area contributed by atoms with Gasteiger partial charge in [-0.05, 0) is 18.2 Å². The highest BCUT2D eigenvalue weighted by molar-refractivity contribution is 7.99. The van der Waals surface area contributed by atoms with Gasteiger partial charge in [-0.15, -0.1) is 0 Å². The highest BCUT2D eigenvalue weighted by Crippen LogP contribution is 2.23. The molecule has 0 aliphatic heterocycles. The van der Waals surface area contributed by atoms with Crippen molar-refractivity contribution in [2.45, 2.75) is 5.16 Å². The number of nitrogens with one attached hydrogen (secondary N) is 1. The molecule has 0 fully saturated rings. The maximum absolute atomic E-state index is 11.8. The molecule has 19 heavy (non-hydrogen) atoms. The van der Waals surface area contributed by atoms with E-state index in [1.807, 2.05) is 17.8 Å². The van der Waals surface area contributed by atoms with Crippen molar-refractivity contribution in [3.8, 4) is 0 Å². The fourth-order valence-electron chi connectivity index (χ4n) is 1.45. The molecule has 1 heterocycles. The van der Waals surface area contributed by atoms with Gasteiger partial charge in [-0.2, -0.15) is 0 Å². The third-order valence-electron chi connectivity index (χ3n) is 2.40. The second-order valence-corrected chi connectivity index (χ2v) is 5.27. The zero-order valence-corrected chi connectivity index (χ0v) is 11.8. The lowest BCUT2D eigenvalue weighted by atomic mass is 10.2. The molecule has 0 spiro atoms. The zero-order chi connectivity index (χ0) is 13.8. The molecule has 100 valence electrons. The van der Waals surface area contributed by atoms with Crippen LogP contribution in [-0.4, -0.2) is 21.2 Å². The number of anilines is 2. The van der Waals surface area contributed by atoms with E-state index in [9.17, 15) is 4.79 Å². The molecule has 0 aliphatic carbocycles. The van der Waals surface area contributed by atoms with Gasteiger partial charge < -0.3 is 15.6 Å². The number of thioether (sulfide) groups is 1. The highest BCUT2D eigenvalue weighted by Gasteiger charge is 2.08. The summed E-state index contributed by atoms with van der Waals surface area (Å²) in [6.45, 7) is 0. The third-order valence-corrected chi connectivity index (χ3v) is 3.69. The van der Waals surface area contributed by atoms with Crippen molar-refractivity contribution in [1.82, 2.24) is 9.55 Å². The lowest BCUT2D eigenvalue weighted by Crippen LogP contribution is -2.15. The van der Waals surface area contributed by atoms with Crippen molar-refractivity contribution in [2.24, 2.45) is 7.05 Å². The van der Waals surface area contributed by atoms with E-state index in [2.05, 4.69) is 10.3 Å². The molecule has 3 N–H and O–H groups in total. The quantitative estimate of drug-likeness (QED) is 0.671. The number of nitrogen functional groups attached to an aromatic ring is 1. The van der Waals surface area contributed by atoms with Crippen LogP contribution in [0.5, 0.6) is 0 Å². The van der Waals surface area contributed by atoms with Gasteiger partial charge in [0.1, 0.15) is 0 Å². The summed E-state index contributed by atoms with van der Waals surface area (Å²) in [5.74, 6) is 0.134. The predicted octanol–water partition coefficient (Wildman–Crippen LogP) is 2.39. The molecule has 1 aromatic carbocycles. The van der Waals surface area contributed by atoms with Crippen LogP contribution in [0.25, 0.3) is 0 Å². The smallest absolute Gasteiger partial charge is 0.234 e. The first kappa shape index (κ1) is 13.8. The Morgan fingerprint density at radius 3 is 3.00 bits per heavy atom. The fraction of sp³-hybridized carbons (Fsp3) is 0.167. The average molecular weight is 297 g/mol. The molecular weight excluding hydrogens is 284 g/mol. The monoisotopic (exact) mass is 296 g/mol. The standard InChI is InChI=1S/C12H13ClN4OS/c1-17-5-4-15-12(17)19-7-11(18)16-10-3-2-8(13)6-9(10)14/h2-6H,7,14H2,1H3,(H,16,18). The molecule has 5 nitrogen and oxygen atoms in total. The van der Waals surface area contributed by atoms with Gasteiger partial charge in [-0.3, -0.25) is 4.79 Å². The lowest BCUT2D eigenvalue weighted by molar-refractivity contribution is -0.113. The number of carbonyl (C=O) groups excluding carboxylic acids is 1. The number of aromatic nitrogens is 2. The van der Waals surface area contributed by atoms with Gasteiger partial charge in [0.05, 0.1) is 17.1 Å². The van der Waals surface area contributed by atoms with Crippen LogP contribution in [0.3, 0.4) is 0 Å². The van der Waals surface area contributed by atoms with E-state index < -0.39 is 0 Å². The number of benzene rings is 1. The number of nitrogens with two attached hydrogens (primary N) is 1. The Morgan fingerprint density at radius 2 is 2.37 bits per heavy atom. The van der Waals surface area contributed by atoms with Crippen LogP contribution >= 0.6 is 23.4 Å². The fourth-order valence-corrected chi connectivity index (χ4v) is 2.37. The van der Waals surface area contributed by atoms with Crippen LogP contribution in [0, 0.1) is 0 Å². The Labute approximate surface area is 120 Å². The van der Waals surface area contributed by atoms with Gasteiger partial charge in [-0.25, -0.2) is 4.98 Å². The topological polar surface area (TPSA) is 72.9 Å². The number of rotatable bonds is 4. The number of hydrogen-bond acceptors (Lipinski definition) is 4. The van der Waals surface area contributed by atoms with E-state index in [0.29, 0.717) is 16.4 Å². The summed E-state index contributed by atoms with van der Waals surface area (Å²) in [5.41, 5.74) is 6.77. The van der Waals surface area contributed by atoms with Crippen LogP contribution in [0.2, 0.25) is 5.02 Å². The summed E-state index contributed by atoms with van der Waals surface area (Å²) in [5, 5.41) is 4.07. The summed E-state index contributed by atoms with van der Waals surface area (Å²) in [6, 6.07) is 4.96. The van der Waals surface area contributed by atoms with E-state index in [0.717, 1.165) is 5.16 Å². The Kier molecular flexibility index (Phi) is 4.34. The predicted molar refractivity (Wildman–Crippen MR) is 78.4 cm³/mol. The van der Waals surface area contributed by atoms with Gasteiger partial charge in [0.15, 0.2) is 5.16 Å². The number of amides is 1. The summed E-state index contributed by atoms with van der Waals surface area (Å²) in [6.07, 6.45) is 3.52. The SMILES string of the molecule is Cn1ccnc1SCC(=O)Nc1ccc(Cl)cc1N. The van der Waals surface area contributed by atoms with Crippen LogP contribution < -0.4 is 11.1 Å². The largest absolute Gasteiger partial charge is 0.397 e. The number of nitrogens with zero attached hydrogens (tertiary/aromatic N) is 2. The van der Waals surface area contributed by atoms with Crippen LogP contribution in [0.4, 0.5) is 11.4 Å². The molecule has 1 aromatic heterocycles. The van der Waals surface area contributed by atoms with Crippen molar-refractivity contribution < 1.29 is 4.79 Å². The molecule has 7 heteroatoms. The molecule has 0 aliphatic rings. The average Bonchev–Trinajstić information content (AvgIpc) is 2.76. The Morgan fingerprint density at radius 1 is 1.58 bits per heavy atom. The van der Waals surface area contributed by atoms with Gasteiger partial charge in [0, 0.05) is 24.5 Å². The minimum Gasteiger partial charge on any atom is -0.397 e. The van der Waals surface area contributed by atoms with E-state index in [-0.39, 0.29) is 11.7 Å². The Hall–Kier alpha value is -1.66. The molecule has 1 amide bonds. The van der Waals surface area contributed by atoms with E-state index in [1.54, 1.807) is 24.4 Å². The molecule has 2 rings (SSSR count). The number of carbonyl (C=O) groups is 1. The van der Waals surface area contributed by atoms with Crippen molar-refractivity contribution >= 4 is 40.6 Å². The Balaban J connectivity index is 1.93. The maximum Gasteiger partial charge on any atom is 0.234 e. The first-order chi connectivity index (χ1) is 9.06. The summed E-state index contributed by atoms with van der Waals surface area (Å²) in [7, 11) is 1.88. The van der Waals surface area contributed by atoms with Gasteiger partial charge in [0.2, 0.25) is 5.91 Å². The highest BCUT2D eigenvalue weighted by atomic mass is 35.5. The molecule has 0 atom stereocenters.